The van der Waals surface area contributed by atoms with Gasteiger partial charge in [-0.15, -0.1) is 0 Å². The summed E-state index contributed by atoms with van der Waals surface area (Å²) in [5.41, 5.74) is 6.42. The quantitative estimate of drug-likeness (QED) is 0.408. The van der Waals surface area contributed by atoms with Crippen LogP contribution in [0.3, 0.4) is 0 Å². The molecule has 0 N–H and O–H groups in total. The van der Waals surface area contributed by atoms with Crippen LogP contribution >= 0.6 is 0 Å². The largest absolute Gasteiger partial charge is 0.494 e. The molecule has 5 heteroatoms. The second-order valence-electron chi connectivity index (χ2n) is 7.64. The summed E-state index contributed by atoms with van der Waals surface area (Å²) in [6, 6.07) is 16.8. The highest BCUT2D eigenvalue weighted by molar-refractivity contribution is 5.90. The number of rotatable bonds is 7. The first-order valence-electron chi connectivity index (χ1n) is 10.2. The van der Waals surface area contributed by atoms with Gasteiger partial charge < -0.3 is 14.0 Å². The molecule has 0 radical (unpaired) electrons. The van der Waals surface area contributed by atoms with Crippen molar-refractivity contribution in [2.24, 2.45) is 0 Å². The summed E-state index contributed by atoms with van der Waals surface area (Å²) in [6.07, 6.45) is 3.59. The minimum atomic E-state index is 0.495. The molecule has 4 aromatic rings. The third-order valence-corrected chi connectivity index (χ3v) is 5.39. The fourth-order valence-electron chi connectivity index (χ4n) is 3.73. The normalized spacial score (nSPS) is 11.4. The molecule has 0 aliphatic carbocycles. The second-order valence-corrected chi connectivity index (χ2v) is 7.64. The van der Waals surface area contributed by atoms with Gasteiger partial charge in [0, 0.05) is 31.6 Å². The van der Waals surface area contributed by atoms with Gasteiger partial charge in [0.15, 0.2) is 0 Å². The molecule has 0 unspecified atom stereocenters. The third-order valence-electron chi connectivity index (χ3n) is 5.39. The van der Waals surface area contributed by atoms with Crippen LogP contribution in [0.15, 0.2) is 60.9 Å². The molecule has 0 spiro atoms. The van der Waals surface area contributed by atoms with Crippen molar-refractivity contribution < 1.29 is 9.47 Å². The number of nitrogens with zero attached hydrogens (tertiary/aromatic N) is 3. The van der Waals surface area contributed by atoms with E-state index in [-0.39, 0.29) is 0 Å². The molecule has 0 fully saturated rings. The van der Waals surface area contributed by atoms with Gasteiger partial charge in [0.2, 0.25) is 0 Å². The smallest absolute Gasteiger partial charge is 0.145 e. The number of hydrogen-bond acceptors (Lipinski definition) is 4. The highest BCUT2D eigenvalue weighted by atomic mass is 16.5. The Morgan fingerprint density at radius 3 is 2.27 bits per heavy atom. The van der Waals surface area contributed by atoms with Crippen LogP contribution in [0.2, 0.25) is 0 Å². The number of methoxy groups -OCH3 is 2. The molecule has 30 heavy (non-hydrogen) atoms. The van der Waals surface area contributed by atoms with Crippen molar-refractivity contribution in [1.29, 1.82) is 0 Å². The predicted molar refractivity (Wildman–Crippen MR) is 121 cm³/mol. The molecular weight excluding hydrogens is 374 g/mol. The summed E-state index contributed by atoms with van der Waals surface area (Å²) in [4.78, 5) is 9.14. The van der Waals surface area contributed by atoms with E-state index in [1.165, 1.54) is 5.56 Å². The van der Waals surface area contributed by atoms with Gasteiger partial charge in [-0.3, -0.25) is 4.98 Å². The summed E-state index contributed by atoms with van der Waals surface area (Å²) < 4.78 is 13.4. The highest BCUT2D eigenvalue weighted by Crippen LogP contribution is 2.35. The lowest BCUT2D eigenvalue weighted by Gasteiger charge is -2.13. The summed E-state index contributed by atoms with van der Waals surface area (Å²) in [6.45, 7) is 5.69. The first-order valence-corrected chi connectivity index (χ1v) is 10.2. The minimum absolute atomic E-state index is 0.495. The lowest BCUT2D eigenvalue weighted by Crippen LogP contribution is -2.07. The van der Waals surface area contributed by atoms with Crippen LogP contribution < -0.4 is 4.74 Å². The average Bonchev–Trinajstić information content (AvgIpc) is 3.16. The number of ether oxygens (including phenoxy) is 2. The van der Waals surface area contributed by atoms with Crippen molar-refractivity contribution >= 4 is 11.0 Å². The van der Waals surface area contributed by atoms with Gasteiger partial charge in [-0.05, 0) is 46.9 Å². The van der Waals surface area contributed by atoms with Crippen molar-refractivity contribution in [2.45, 2.75) is 26.3 Å². The number of aromatic nitrogens is 3. The molecule has 2 aromatic carbocycles. The van der Waals surface area contributed by atoms with Gasteiger partial charge in [-0.25, -0.2) is 4.98 Å². The lowest BCUT2D eigenvalue weighted by molar-refractivity contribution is 0.188. The Kier molecular flexibility index (Phi) is 5.81. The molecule has 2 heterocycles. The van der Waals surface area contributed by atoms with Crippen LogP contribution in [0.1, 0.15) is 25.3 Å². The number of pyridine rings is 1. The monoisotopic (exact) mass is 401 g/mol. The summed E-state index contributed by atoms with van der Waals surface area (Å²) >= 11 is 0. The second kappa shape index (κ2) is 8.67. The van der Waals surface area contributed by atoms with Crippen LogP contribution in [0.4, 0.5) is 0 Å². The molecule has 0 saturated heterocycles. The van der Waals surface area contributed by atoms with Crippen molar-refractivity contribution in [3.8, 4) is 28.3 Å². The Hall–Kier alpha value is -3.18. The van der Waals surface area contributed by atoms with Crippen molar-refractivity contribution in [3.63, 3.8) is 0 Å². The first kappa shape index (κ1) is 20.1. The zero-order valence-corrected chi connectivity index (χ0v) is 17.9. The minimum Gasteiger partial charge on any atom is -0.494 e. The summed E-state index contributed by atoms with van der Waals surface area (Å²) in [5, 5.41) is 0. The van der Waals surface area contributed by atoms with E-state index in [1.54, 1.807) is 26.6 Å². The van der Waals surface area contributed by atoms with E-state index >= 15 is 0 Å². The topological polar surface area (TPSA) is 49.2 Å². The lowest BCUT2D eigenvalue weighted by atomic mass is 10.0. The van der Waals surface area contributed by atoms with Crippen molar-refractivity contribution in [3.05, 3.63) is 66.5 Å². The zero-order valence-electron chi connectivity index (χ0n) is 17.9. The van der Waals surface area contributed by atoms with Crippen molar-refractivity contribution in [2.75, 3.05) is 20.8 Å². The molecule has 0 saturated carbocycles. The highest BCUT2D eigenvalue weighted by Gasteiger charge is 2.18. The number of fused-ring (bicyclic) bond motifs is 1. The maximum absolute atomic E-state index is 5.79. The molecule has 154 valence electrons. The average molecular weight is 402 g/mol. The van der Waals surface area contributed by atoms with E-state index in [0.29, 0.717) is 19.1 Å². The Morgan fingerprint density at radius 1 is 0.900 bits per heavy atom. The van der Waals surface area contributed by atoms with E-state index in [9.17, 15) is 0 Å². The molecule has 0 aliphatic heterocycles. The Labute approximate surface area is 177 Å². The van der Waals surface area contributed by atoms with E-state index in [2.05, 4.69) is 59.8 Å². The number of hydrogen-bond donors (Lipinski definition) is 0. The van der Waals surface area contributed by atoms with Gasteiger partial charge in [-0.2, -0.15) is 0 Å². The fraction of sp³-hybridized carbons (Fsp3) is 0.280. The van der Waals surface area contributed by atoms with Gasteiger partial charge in [0.05, 0.1) is 19.2 Å². The van der Waals surface area contributed by atoms with Gasteiger partial charge in [0.25, 0.3) is 0 Å². The van der Waals surface area contributed by atoms with Crippen LogP contribution in [-0.4, -0.2) is 35.4 Å². The number of benzene rings is 2. The molecule has 0 amide bonds. The van der Waals surface area contributed by atoms with E-state index in [0.717, 1.165) is 39.3 Å². The van der Waals surface area contributed by atoms with E-state index in [4.69, 9.17) is 14.5 Å². The molecule has 0 bridgehead atoms. The van der Waals surface area contributed by atoms with Gasteiger partial charge >= 0.3 is 0 Å². The molecule has 0 atom stereocenters. The SMILES string of the molecule is COCCn1c(-c2ccc(C(C)C)cc2)nc2cc(-c3ccncc3)cc(OC)c21. The van der Waals surface area contributed by atoms with Crippen LogP contribution in [0, 0.1) is 0 Å². The number of imidazole rings is 1. The molecule has 4 rings (SSSR count). The zero-order chi connectivity index (χ0) is 21.1. The van der Waals surface area contributed by atoms with Gasteiger partial charge in [-0.1, -0.05) is 38.1 Å². The Bertz CT molecular complexity index is 1130. The van der Waals surface area contributed by atoms with E-state index in [1.807, 2.05) is 12.1 Å². The fourth-order valence-corrected chi connectivity index (χ4v) is 3.73. The molecule has 0 aliphatic rings. The van der Waals surface area contributed by atoms with Gasteiger partial charge in [0.1, 0.15) is 17.1 Å². The Morgan fingerprint density at radius 2 is 1.63 bits per heavy atom. The maximum Gasteiger partial charge on any atom is 0.145 e. The standard InChI is InChI=1S/C25H27N3O2/c1-17(2)18-5-7-20(8-6-18)25-27-22-15-21(19-9-11-26-12-10-19)16-23(30-4)24(22)28(25)13-14-29-3/h5-12,15-17H,13-14H2,1-4H3. The molecular formula is C25H27N3O2. The summed E-state index contributed by atoms with van der Waals surface area (Å²) in [5.74, 6) is 2.21. The van der Waals surface area contributed by atoms with E-state index < -0.39 is 0 Å². The molecule has 5 nitrogen and oxygen atoms in total. The van der Waals surface area contributed by atoms with Crippen LogP contribution in [-0.2, 0) is 11.3 Å². The van der Waals surface area contributed by atoms with Crippen molar-refractivity contribution in [1.82, 2.24) is 14.5 Å². The first-order chi connectivity index (χ1) is 14.6. The molecule has 2 aromatic heterocycles. The maximum atomic E-state index is 5.79. The third kappa shape index (κ3) is 3.81. The predicted octanol–water partition coefficient (Wildman–Crippen LogP) is 5.54. The summed E-state index contributed by atoms with van der Waals surface area (Å²) in [7, 11) is 3.42. The van der Waals surface area contributed by atoms with Crippen LogP contribution in [0.5, 0.6) is 5.75 Å². The Balaban J connectivity index is 1.91. The van der Waals surface area contributed by atoms with Crippen LogP contribution in [0.25, 0.3) is 33.5 Å².